The molecule has 0 saturated carbocycles. The quantitative estimate of drug-likeness (QED) is 0.725. The lowest BCUT2D eigenvalue weighted by Gasteiger charge is -2.35. The molecule has 1 N–H and O–H groups in total. The third-order valence-electron chi connectivity index (χ3n) is 3.57. The van der Waals surface area contributed by atoms with Crippen LogP contribution in [0.15, 0.2) is 0 Å². The minimum Gasteiger partial charge on any atom is -0.481 e. The largest absolute Gasteiger partial charge is 0.481 e. The van der Waals surface area contributed by atoms with Crippen molar-refractivity contribution in [3.8, 4) is 0 Å². The van der Waals surface area contributed by atoms with Gasteiger partial charge in [0.25, 0.3) is 0 Å². The van der Waals surface area contributed by atoms with Gasteiger partial charge in [-0.3, -0.25) is 9.59 Å². The number of carbonyl (C=O) groups excluding carboxylic acids is 1. The van der Waals surface area contributed by atoms with Crippen LogP contribution in [-0.2, 0) is 9.59 Å². The lowest BCUT2D eigenvalue weighted by atomic mass is 10.0. The van der Waals surface area contributed by atoms with Gasteiger partial charge in [-0.05, 0) is 39.3 Å². The predicted octanol–water partition coefficient (Wildman–Crippen LogP) is 1.18. The van der Waals surface area contributed by atoms with E-state index in [4.69, 9.17) is 5.11 Å². The molecule has 1 fully saturated rings. The molecule has 18 heavy (non-hydrogen) atoms. The number of carbonyl (C=O) groups is 2. The number of aliphatic carboxylic acids is 1. The van der Waals surface area contributed by atoms with Gasteiger partial charge in [-0.1, -0.05) is 0 Å². The summed E-state index contributed by atoms with van der Waals surface area (Å²) in [6, 6.07) is 0.315. The fraction of sp³-hybridized carbons (Fsp3) is 0.846. The lowest BCUT2D eigenvalue weighted by Crippen LogP contribution is -2.47. The average Bonchev–Trinajstić information content (AvgIpc) is 2.33. The molecule has 1 unspecified atom stereocenters. The second-order valence-electron chi connectivity index (χ2n) is 5.16. The molecule has 1 aliphatic rings. The highest BCUT2D eigenvalue weighted by molar-refractivity contribution is 5.76. The second kappa shape index (κ2) is 7.36. The standard InChI is InChI=1S/C13H24N2O3/c1-14-9-5-6-11(10-14)15(2)12(16)7-3-4-8-13(17)18/h11H,3-10H2,1-2H3,(H,17,18). The Labute approximate surface area is 109 Å². The number of amides is 1. The number of piperidine rings is 1. The number of carboxylic acids is 1. The van der Waals surface area contributed by atoms with E-state index in [1.807, 2.05) is 11.9 Å². The van der Waals surface area contributed by atoms with Crippen LogP contribution >= 0.6 is 0 Å². The van der Waals surface area contributed by atoms with E-state index < -0.39 is 5.97 Å². The second-order valence-corrected chi connectivity index (χ2v) is 5.16. The minimum atomic E-state index is -0.787. The van der Waals surface area contributed by atoms with Crippen LogP contribution in [0.1, 0.15) is 38.5 Å². The van der Waals surface area contributed by atoms with Gasteiger partial charge in [0.2, 0.25) is 5.91 Å². The number of carboxylic acid groups (broad SMARTS) is 1. The van der Waals surface area contributed by atoms with Crippen molar-refractivity contribution in [3.05, 3.63) is 0 Å². The SMILES string of the molecule is CN1CCCC(N(C)C(=O)CCCCC(=O)O)C1. The van der Waals surface area contributed by atoms with Gasteiger partial charge in [0.1, 0.15) is 0 Å². The molecule has 5 nitrogen and oxygen atoms in total. The van der Waals surface area contributed by atoms with Crippen molar-refractivity contribution in [2.45, 2.75) is 44.6 Å². The molecule has 1 aliphatic heterocycles. The molecule has 0 aromatic heterocycles. The van der Waals surface area contributed by atoms with E-state index in [0.29, 0.717) is 25.3 Å². The van der Waals surface area contributed by atoms with Gasteiger partial charge in [-0.25, -0.2) is 0 Å². The van der Waals surface area contributed by atoms with Gasteiger partial charge in [-0.2, -0.15) is 0 Å². The van der Waals surface area contributed by atoms with E-state index in [0.717, 1.165) is 25.9 Å². The number of hydrogen-bond acceptors (Lipinski definition) is 3. The molecule has 1 rings (SSSR count). The highest BCUT2D eigenvalue weighted by atomic mass is 16.4. The van der Waals surface area contributed by atoms with Gasteiger partial charge >= 0.3 is 5.97 Å². The summed E-state index contributed by atoms with van der Waals surface area (Å²) in [4.78, 5) is 26.4. The smallest absolute Gasteiger partial charge is 0.303 e. The summed E-state index contributed by atoms with van der Waals surface area (Å²) in [7, 11) is 3.95. The van der Waals surface area contributed by atoms with Crippen LogP contribution in [0.5, 0.6) is 0 Å². The molecule has 104 valence electrons. The van der Waals surface area contributed by atoms with Crippen molar-refractivity contribution >= 4 is 11.9 Å². The van der Waals surface area contributed by atoms with Crippen molar-refractivity contribution in [2.24, 2.45) is 0 Å². The molecule has 1 heterocycles. The van der Waals surface area contributed by atoms with Crippen molar-refractivity contribution in [1.82, 2.24) is 9.80 Å². The van der Waals surface area contributed by atoms with Crippen LogP contribution < -0.4 is 0 Å². The van der Waals surface area contributed by atoms with Crippen molar-refractivity contribution in [2.75, 3.05) is 27.2 Å². The van der Waals surface area contributed by atoms with Crippen molar-refractivity contribution in [3.63, 3.8) is 0 Å². The number of unbranched alkanes of at least 4 members (excludes halogenated alkanes) is 1. The van der Waals surface area contributed by atoms with Crippen LogP contribution in [0, 0.1) is 0 Å². The number of rotatable bonds is 6. The van der Waals surface area contributed by atoms with Gasteiger partial charge < -0.3 is 14.9 Å². The Morgan fingerprint density at radius 2 is 2.00 bits per heavy atom. The monoisotopic (exact) mass is 256 g/mol. The van der Waals surface area contributed by atoms with E-state index in [2.05, 4.69) is 11.9 Å². The molecule has 1 saturated heterocycles. The van der Waals surface area contributed by atoms with Gasteiger partial charge in [0.05, 0.1) is 0 Å². The van der Waals surface area contributed by atoms with Gasteiger partial charge in [-0.15, -0.1) is 0 Å². The predicted molar refractivity (Wildman–Crippen MR) is 69.4 cm³/mol. The Morgan fingerprint density at radius 1 is 1.33 bits per heavy atom. The lowest BCUT2D eigenvalue weighted by molar-refractivity contribution is -0.138. The van der Waals surface area contributed by atoms with Crippen LogP contribution in [0.2, 0.25) is 0 Å². The maximum Gasteiger partial charge on any atom is 0.303 e. The summed E-state index contributed by atoms with van der Waals surface area (Å²) < 4.78 is 0. The van der Waals surface area contributed by atoms with E-state index in [-0.39, 0.29) is 12.3 Å². The van der Waals surface area contributed by atoms with Crippen molar-refractivity contribution in [1.29, 1.82) is 0 Å². The molecular formula is C13H24N2O3. The molecule has 1 amide bonds. The zero-order chi connectivity index (χ0) is 13.5. The Balaban J connectivity index is 2.25. The molecule has 0 aliphatic carbocycles. The molecule has 0 aromatic carbocycles. The summed E-state index contributed by atoms with van der Waals surface area (Å²) in [6.45, 7) is 2.05. The summed E-state index contributed by atoms with van der Waals surface area (Å²) in [5.74, 6) is -0.648. The zero-order valence-electron chi connectivity index (χ0n) is 11.4. The highest BCUT2D eigenvalue weighted by Crippen LogP contribution is 2.15. The van der Waals surface area contributed by atoms with Crippen LogP contribution in [0.4, 0.5) is 0 Å². The van der Waals surface area contributed by atoms with Crippen LogP contribution in [-0.4, -0.2) is 60.0 Å². The molecule has 0 bridgehead atoms. The molecule has 0 aromatic rings. The summed E-state index contributed by atoms with van der Waals surface area (Å²) in [6.07, 6.45) is 4.07. The first-order valence-electron chi connectivity index (χ1n) is 6.66. The Bertz CT molecular complexity index is 294. The summed E-state index contributed by atoms with van der Waals surface area (Å²) in [5.41, 5.74) is 0. The number of likely N-dealkylation sites (N-methyl/N-ethyl adjacent to an activating group) is 2. The van der Waals surface area contributed by atoms with E-state index in [1.54, 1.807) is 0 Å². The minimum absolute atomic E-state index is 0.140. The fourth-order valence-corrected chi connectivity index (χ4v) is 2.39. The molecule has 5 heteroatoms. The summed E-state index contributed by atoms with van der Waals surface area (Å²) in [5, 5.41) is 8.52. The van der Waals surface area contributed by atoms with Crippen LogP contribution in [0.3, 0.4) is 0 Å². The Kier molecular flexibility index (Phi) is 6.12. The first-order valence-corrected chi connectivity index (χ1v) is 6.66. The summed E-state index contributed by atoms with van der Waals surface area (Å²) >= 11 is 0. The van der Waals surface area contributed by atoms with E-state index >= 15 is 0 Å². The highest BCUT2D eigenvalue weighted by Gasteiger charge is 2.23. The molecule has 0 radical (unpaired) electrons. The Hall–Kier alpha value is -1.10. The molecule has 1 atom stereocenters. The number of nitrogens with zero attached hydrogens (tertiary/aromatic N) is 2. The normalized spacial score (nSPS) is 20.7. The zero-order valence-corrected chi connectivity index (χ0v) is 11.4. The molecule has 0 spiro atoms. The number of hydrogen-bond donors (Lipinski definition) is 1. The van der Waals surface area contributed by atoms with E-state index in [9.17, 15) is 9.59 Å². The average molecular weight is 256 g/mol. The number of likely N-dealkylation sites (tertiary alicyclic amines) is 1. The first kappa shape index (κ1) is 15.0. The Morgan fingerprint density at radius 3 is 2.61 bits per heavy atom. The maximum absolute atomic E-state index is 12.0. The third-order valence-corrected chi connectivity index (χ3v) is 3.57. The van der Waals surface area contributed by atoms with Crippen molar-refractivity contribution < 1.29 is 14.7 Å². The van der Waals surface area contributed by atoms with Gasteiger partial charge in [0, 0.05) is 32.5 Å². The van der Waals surface area contributed by atoms with Gasteiger partial charge in [0.15, 0.2) is 0 Å². The van der Waals surface area contributed by atoms with Crippen LogP contribution in [0.25, 0.3) is 0 Å². The fourth-order valence-electron chi connectivity index (χ4n) is 2.39. The topological polar surface area (TPSA) is 60.9 Å². The first-order chi connectivity index (χ1) is 8.50. The third kappa shape index (κ3) is 5.04. The molecular weight excluding hydrogens is 232 g/mol. The van der Waals surface area contributed by atoms with E-state index in [1.165, 1.54) is 0 Å². The maximum atomic E-state index is 12.0.